The molecule has 1 heterocycles. The molecule has 0 aliphatic carbocycles. The zero-order valence-electron chi connectivity index (χ0n) is 14.2. The van der Waals surface area contributed by atoms with Crippen molar-refractivity contribution >= 4 is 21.8 Å². The SMILES string of the molecule is CCn1c2ccccc2c2cc(OCC#Cc3ccccc3)ccc21. The Hall–Kier alpha value is -3.18. The van der Waals surface area contributed by atoms with E-state index in [0.717, 1.165) is 17.9 Å². The van der Waals surface area contributed by atoms with Gasteiger partial charge in [0.25, 0.3) is 0 Å². The molecule has 0 radical (unpaired) electrons. The Balaban J connectivity index is 1.61. The van der Waals surface area contributed by atoms with Gasteiger partial charge < -0.3 is 9.30 Å². The van der Waals surface area contributed by atoms with Crippen molar-refractivity contribution in [3.63, 3.8) is 0 Å². The van der Waals surface area contributed by atoms with E-state index in [9.17, 15) is 0 Å². The van der Waals surface area contributed by atoms with Gasteiger partial charge in [0.1, 0.15) is 12.4 Å². The molecule has 0 aliphatic rings. The van der Waals surface area contributed by atoms with Crippen LogP contribution in [0.15, 0.2) is 72.8 Å². The smallest absolute Gasteiger partial charge is 0.149 e. The van der Waals surface area contributed by atoms with E-state index in [1.54, 1.807) is 0 Å². The molecule has 122 valence electrons. The van der Waals surface area contributed by atoms with E-state index in [4.69, 9.17) is 4.74 Å². The minimum absolute atomic E-state index is 0.382. The summed E-state index contributed by atoms with van der Waals surface area (Å²) in [6.45, 7) is 3.51. The molecule has 0 atom stereocenters. The maximum atomic E-state index is 5.84. The number of aryl methyl sites for hydroxylation is 1. The molecule has 2 nitrogen and oxygen atoms in total. The van der Waals surface area contributed by atoms with Crippen LogP contribution in [-0.2, 0) is 6.54 Å². The number of para-hydroxylation sites is 1. The molecule has 0 saturated heterocycles. The summed E-state index contributed by atoms with van der Waals surface area (Å²) < 4.78 is 8.18. The average molecular weight is 325 g/mol. The Morgan fingerprint density at radius 3 is 2.44 bits per heavy atom. The van der Waals surface area contributed by atoms with Gasteiger partial charge in [-0.05, 0) is 43.3 Å². The third-order valence-electron chi connectivity index (χ3n) is 4.38. The number of benzene rings is 3. The van der Waals surface area contributed by atoms with Gasteiger partial charge in [-0.2, -0.15) is 0 Å². The van der Waals surface area contributed by atoms with Gasteiger partial charge in [0, 0.05) is 33.9 Å². The Morgan fingerprint density at radius 1 is 0.840 bits per heavy atom. The first kappa shape index (κ1) is 15.4. The Morgan fingerprint density at radius 2 is 1.60 bits per heavy atom. The lowest BCUT2D eigenvalue weighted by molar-refractivity contribution is 0.371. The molecular weight excluding hydrogens is 306 g/mol. The van der Waals surface area contributed by atoms with Crippen LogP contribution >= 0.6 is 0 Å². The Bertz CT molecular complexity index is 1080. The van der Waals surface area contributed by atoms with Crippen LogP contribution in [0, 0.1) is 11.8 Å². The zero-order chi connectivity index (χ0) is 17.1. The average Bonchev–Trinajstić information content (AvgIpc) is 2.99. The predicted octanol–water partition coefficient (Wildman–Crippen LogP) is 5.24. The number of nitrogens with zero attached hydrogens (tertiary/aromatic N) is 1. The van der Waals surface area contributed by atoms with Gasteiger partial charge in [-0.1, -0.05) is 48.2 Å². The standard InChI is InChI=1S/C23H19NO/c1-2-24-22-13-7-6-12-20(22)21-17-19(14-15-23(21)24)25-16-8-11-18-9-4-3-5-10-18/h3-7,9-10,12-15,17H,2,16H2,1H3. The molecule has 0 N–H and O–H groups in total. The van der Waals surface area contributed by atoms with Crippen molar-refractivity contribution in [2.45, 2.75) is 13.5 Å². The van der Waals surface area contributed by atoms with Gasteiger partial charge in [-0.25, -0.2) is 0 Å². The minimum Gasteiger partial charge on any atom is -0.481 e. The fourth-order valence-corrected chi connectivity index (χ4v) is 3.24. The quantitative estimate of drug-likeness (QED) is 0.470. The summed E-state index contributed by atoms with van der Waals surface area (Å²) in [6, 6.07) is 24.8. The third-order valence-corrected chi connectivity index (χ3v) is 4.38. The van der Waals surface area contributed by atoms with E-state index in [-0.39, 0.29) is 0 Å². The van der Waals surface area contributed by atoms with Crippen molar-refractivity contribution in [3.05, 3.63) is 78.4 Å². The summed E-state index contributed by atoms with van der Waals surface area (Å²) in [5.41, 5.74) is 3.51. The molecule has 0 unspecified atom stereocenters. The normalized spacial score (nSPS) is 10.6. The van der Waals surface area contributed by atoms with Crippen LogP contribution in [0.4, 0.5) is 0 Å². The molecule has 1 aromatic heterocycles. The van der Waals surface area contributed by atoms with Crippen molar-refractivity contribution in [3.8, 4) is 17.6 Å². The van der Waals surface area contributed by atoms with Gasteiger partial charge in [0.15, 0.2) is 0 Å². The number of aromatic nitrogens is 1. The van der Waals surface area contributed by atoms with E-state index in [1.807, 2.05) is 36.4 Å². The van der Waals surface area contributed by atoms with Crippen molar-refractivity contribution in [1.29, 1.82) is 0 Å². The Labute approximate surface area is 147 Å². The lowest BCUT2D eigenvalue weighted by Gasteiger charge is -2.04. The molecule has 0 fully saturated rings. The highest BCUT2D eigenvalue weighted by Gasteiger charge is 2.09. The molecule has 0 aliphatic heterocycles. The molecule has 0 saturated carbocycles. The van der Waals surface area contributed by atoms with Crippen LogP contribution in [0.3, 0.4) is 0 Å². The summed E-state index contributed by atoms with van der Waals surface area (Å²) in [4.78, 5) is 0. The summed E-state index contributed by atoms with van der Waals surface area (Å²) in [7, 11) is 0. The number of hydrogen-bond donors (Lipinski definition) is 0. The highest BCUT2D eigenvalue weighted by molar-refractivity contribution is 6.08. The van der Waals surface area contributed by atoms with Gasteiger partial charge in [-0.3, -0.25) is 0 Å². The van der Waals surface area contributed by atoms with Crippen molar-refractivity contribution < 1.29 is 4.74 Å². The summed E-state index contributed by atoms with van der Waals surface area (Å²) in [5.74, 6) is 7.05. The van der Waals surface area contributed by atoms with Crippen LogP contribution in [0.1, 0.15) is 12.5 Å². The number of hydrogen-bond acceptors (Lipinski definition) is 1. The van der Waals surface area contributed by atoms with Crippen molar-refractivity contribution in [1.82, 2.24) is 4.57 Å². The van der Waals surface area contributed by atoms with Gasteiger partial charge in [-0.15, -0.1) is 0 Å². The number of fused-ring (bicyclic) bond motifs is 3. The molecule has 0 spiro atoms. The molecular formula is C23H19NO. The third kappa shape index (κ3) is 2.97. The van der Waals surface area contributed by atoms with Crippen LogP contribution in [0.5, 0.6) is 5.75 Å². The highest BCUT2D eigenvalue weighted by atomic mass is 16.5. The second kappa shape index (κ2) is 6.75. The summed E-state index contributed by atoms with van der Waals surface area (Å²) >= 11 is 0. The van der Waals surface area contributed by atoms with Crippen LogP contribution < -0.4 is 4.74 Å². The van der Waals surface area contributed by atoms with Crippen LogP contribution in [-0.4, -0.2) is 11.2 Å². The van der Waals surface area contributed by atoms with Gasteiger partial charge >= 0.3 is 0 Å². The second-order valence-electron chi connectivity index (χ2n) is 5.90. The largest absolute Gasteiger partial charge is 0.481 e. The molecule has 0 amide bonds. The molecule has 4 rings (SSSR count). The number of ether oxygens (including phenoxy) is 1. The van der Waals surface area contributed by atoms with E-state index in [2.05, 4.69) is 59.7 Å². The highest BCUT2D eigenvalue weighted by Crippen LogP contribution is 2.31. The zero-order valence-corrected chi connectivity index (χ0v) is 14.2. The first-order valence-electron chi connectivity index (χ1n) is 8.54. The molecule has 0 bridgehead atoms. The van der Waals surface area contributed by atoms with E-state index in [1.165, 1.54) is 21.8 Å². The van der Waals surface area contributed by atoms with Crippen molar-refractivity contribution in [2.75, 3.05) is 6.61 Å². The van der Waals surface area contributed by atoms with Crippen molar-refractivity contribution in [2.24, 2.45) is 0 Å². The fraction of sp³-hybridized carbons (Fsp3) is 0.130. The minimum atomic E-state index is 0.382. The summed E-state index contributed by atoms with van der Waals surface area (Å²) in [6.07, 6.45) is 0. The maximum Gasteiger partial charge on any atom is 0.149 e. The second-order valence-corrected chi connectivity index (χ2v) is 5.90. The Kier molecular flexibility index (Phi) is 4.14. The predicted molar refractivity (Wildman–Crippen MR) is 104 cm³/mol. The lowest BCUT2D eigenvalue weighted by atomic mass is 10.1. The molecule has 4 aromatic rings. The first-order valence-corrected chi connectivity index (χ1v) is 8.54. The lowest BCUT2D eigenvalue weighted by Crippen LogP contribution is -1.95. The van der Waals surface area contributed by atoms with E-state index < -0.39 is 0 Å². The van der Waals surface area contributed by atoms with Gasteiger partial charge in [0.2, 0.25) is 0 Å². The summed E-state index contributed by atoms with van der Waals surface area (Å²) in [5, 5.41) is 2.49. The van der Waals surface area contributed by atoms with E-state index in [0.29, 0.717) is 6.61 Å². The molecule has 3 aromatic carbocycles. The fourth-order valence-electron chi connectivity index (χ4n) is 3.24. The van der Waals surface area contributed by atoms with Crippen LogP contribution in [0.25, 0.3) is 21.8 Å². The van der Waals surface area contributed by atoms with E-state index >= 15 is 0 Å². The van der Waals surface area contributed by atoms with Gasteiger partial charge in [0.05, 0.1) is 0 Å². The van der Waals surface area contributed by atoms with Crippen LogP contribution in [0.2, 0.25) is 0 Å². The first-order chi connectivity index (χ1) is 12.4. The molecule has 2 heteroatoms. The molecule has 25 heavy (non-hydrogen) atoms. The topological polar surface area (TPSA) is 14.2 Å². The maximum absolute atomic E-state index is 5.84. The monoisotopic (exact) mass is 325 g/mol. The number of rotatable bonds is 3.